The molecule has 3 saturated heterocycles. The van der Waals surface area contributed by atoms with Crippen molar-refractivity contribution in [1.29, 1.82) is 0 Å². The zero-order chi connectivity index (χ0) is 57.3. The van der Waals surface area contributed by atoms with Crippen LogP contribution in [0.4, 0.5) is 0 Å². The van der Waals surface area contributed by atoms with Gasteiger partial charge in [0.15, 0.2) is 18.9 Å². The number of nitrogens with zero attached hydrogens (tertiary/aromatic N) is 1. The molecule has 1 saturated carbocycles. The Morgan fingerprint density at radius 3 is 1.62 bits per heavy atom. The molecule has 0 aromatic heterocycles. The molecular weight excluding hydrogens is 1050 g/mol. The second-order valence-corrected chi connectivity index (χ2v) is 20.1. The summed E-state index contributed by atoms with van der Waals surface area (Å²) in [5.41, 5.74) is 0. The quantitative estimate of drug-likeness (QED) is 0.0164. The first-order chi connectivity index (χ1) is 38.1. The number of carbonyl (C=O) groups is 5. The lowest BCUT2D eigenvalue weighted by Gasteiger charge is -2.45. The number of hydrogen-bond donors (Lipinski definition) is 11. The van der Waals surface area contributed by atoms with E-state index in [0.29, 0.717) is 77.7 Å². The van der Waals surface area contributed by atoms with Gasteiger partial charge in [0.2, 0.25) is 17.7 Å². The van der Waals surface area contributed by atoms with E-state index < -0.39 is 112 Å². The molecule has 1 aliphatic carbocycles. The normalized spacial score (nSPS) is 32.9. The molecule has 15 atom stereocenters. The summed E-state index contributed by atoms with van der Waals surface area (Å²) in [4.78, 5) is 62.0. The van der Waals surface area contributed by atoms with Crippen molar-refractivity contribution in [3.63, 3.8) is 0 Å². The summed E-state index contributed by atoms with van der Waals surface area (Å²) in [7, 11) is 1.26. The predicted molar refractivity (Wildman–Crippen MR) is 271 cm³/mol. The first-order valence-electron chi connectivity index (χ1n) is 27.3. The highest BCUT2D eigenvalue weighted by molar-refractivity contribution is 6.12. The number of nitrogens with one attached hydrogen (secondary N) is 3. The standard InChI is InChI=1S/C52H84N4O23/c1-3-18-53-36(58)10-6-4-8-21-73-47-34(78-50(70-2)45(67)42(47)64)29-76-52-46(68)43(65)48(35(79-52)30-75-51-44(66)41(63)40(62)33(28-57)77-51)74-22-9-5-7-11-37(59)54-19-23-71-25-26-72-24-20-55-49(69)32-14-12-31(13-15-32)27-56-38(60)16-17-39(56)61/h1,16-17,31-35,40-48,50-52,57,62-68H,4-15,18-30H2,2H3,(H,53,58)(H,54,59)(H,55,69)/t31?,32?,33-,34-,35-,40-,41+,42-,43-,44-,45-,46-,47-,48-,50+,51?,52+/m1/s1. The Labute approximate surface area is 459 Å². The second-order valence-electron chi connectivity index (χ2n) is 20.1. The van der Waals surface area contributed by atoms with Crippen molar-refractivity contribution in [3.05, 3.63) is 12.2 Å². The van der Waals surface area contributed by atoms with Crippen LogP contribution in [-0.2, 0) is 71.3 Å². The number of unbranched alkanes of at least 4 members (excludes halogenated alkanes) is 4. The van der Waals surface area contributed by atoms with Crippen molar-refractivity contribution in [1.82, 2.24) is 20.9 Å². The molecule has 1 unspecified atom stereocenters. The van der Waals surface area contributed by atoms with Crippen LogP contribution < -0.4 is 16.0 Å². The van der Waals surface area contributed by atoms with Crippen molar-refractivity contribution < 1.29 is 112 Å². The third-order valence-corrected chi connectivity index (χ3v) is 14.4. The number of carbonyl (C=O) groups excluding carboxylic acids is 5. The lowest BCUT2D eigenvalue weighted by atomic mass is 9.81. The highest BCUT2D eigenvalue weighted by atomic mass is 16.7. The predicted octanol–water partition coefficient (Wildman–Crippen LogP) is -4.00. The molecule has 4 heterocycles. The maximum absolute atomic E-state index is 12.6. The van der Waals surface area contributed by atoms with Crippen molar-refractivity contribution >= 4 is 29.5 Å². The van der Waals surface area contributed by atoms with Crippen LogP contribution in [0.3, 0.4) is 0 Å². The van der Waals surface area contributed by atoms with Crippen LogP contribution in [-0.4, -0.2) is 260 Å². The van der Waals surface area contributed by atoms with Crippen LogP contribution in [0.1, 0.15) is 77.0 Å². The molecule has 0 spiro atoms. The molecule has 0 radical (unpaired) electrons. The molecule has 0 bridgehead atoms. The topological polar surface area (TPSA) is 379 Å². The van der Waals surface area contributed by atoms with Crippen LogP contribution in [0.15, 0.2) is 12.2 Å². The Bertz CT molecular complexity index is 1900. The minimum Gasteiger partial charge on any atom is -0.394 e. The van der Waals surface area contributed by atoms with Gasteiger partial charge in [-0.15, -0.1) is 6.42 Å². The average Bonchev–Trinajstić information content (AvgIpc) is 3.82. The van der Waals surface area contributed by atoms with E-state index in [1.807, 2.05) is 0 Å². The fourth-order valence-corrected chi connectivity index (χ4v) is 9.75. The van der Waals surface area contributed by atoms with Gasteiger partial charge in [-0.25, -0.2) is 0 Å². The van der Waals surface area contributed by atoms with Crippen LogP contribution in [0.2, 0.25) is 0 Å². The van der Waals surface area contributed by atoms with Gasteiger partial charge in [0, 0.05) is 70.9 Å². The van der Waals surface area contributed by atoms with E-state index in [-0.39, 0.29) is 93.7 Å². The van der Waals surface area contributed by atoms with Gasteiger partial charge in [-0.1, -0.05) is 18.8 Å². The van der Waals surface area contributed by atoms with Gasteiger partial charge in [0.05, 0.1) is 52.8 Å². The number of aliphatic hydroxyl groups is 8. The van der Waals surface area contributed by atoms with Crippen molar-refractivity contribution in [2.75, 3.05) is 92.8 Å². The number of aliphatic hydroxyl groups excluding tert-OH is 8. The van der Waals surface area contributed by atoms with Crippen LogP contribution in [0, 0.1) is 24.2 Å². The van der Waals surface area contributed by atoms with Crippen LogP contribution in [0.5, 0.6) is 0 Å². The summed E-state index contributed by atoms with van der Waals surface area (Å²) < 4.78 is 57.4. The van der Waals surface area contributed by atoms with Crippen molar-refractivity contribution in [2.45, 2.75) is 169 Å². The number of hydrogen-bond acceptors (Lipinski definition) is 23. The summed E-state index contributed by atoms with van der Waals surface area (Å²) in [6, 6.07) is 0. The van der Waals surface area contributed by atoms with E-state index in [0.717, 1.165) is 12.8 Å². The summed E-state index contributed by atoms with van der Waals surface area (Å²) in [5.74, 6) is 1.41. The van der Waals surface area contributed by atoms with Crippen molar-refractivity contribution in [2.24, 2.45) is 11.8 Å². The summed E-state index contributed by atoms with van der Waals surface area (Å²) in [6.07, 6.45) is -7.94. The number of imide groups is 1. The molecule has 27 nitrogen and oxygen atoms in total. The van der Waals surface area contributed by atoms with E-state index in [2.05, 4.69) is 21.9 Å². The zero-order valence-corrected chi connectivity index (χ0v) is 44.9. The molecule has 5 rings (SSSR count). The number of rotatable bonds is 35. The van der Waals surface area contributed by atoms with Gasteiger partial charge < -0.3 is 104 Å². The Kier molecular flexibility index (Phi) is 29.4. The van der Waals surface area contributed by atoms with Crippen molar-refractivity contribution in [3.8, 4) is 12.3 Å². The molecule has 4 fully saturated rings. The summed E-state index contributed by atoms with van der Waals surface area (Å²) in [5, 5.41) is 93.6. The molecule has 79 heavy (non-hydrogen) atoms. The van der Waals surface area contributed by atoms with Crippen LogP contribution >= 0.6 is 0 Å². The molecule has 5 amide bonds. The first kappa shape index (κ1) is 65.9. The van der Waals surface area contributed by atoms with Gasteiger partial charge in [0.25, 0.3) is 11.8 Å². The smallest absolute Gasteiger partial charge is 0.253 e. The molecule has 0 aromatic rings. The Hall–Kier alpha value is -3.87. The fraction of sp³-hybridized carbons (Fsp3) is 0.827. The molecule has 5 aliphatic rings. The monoisotopic (exact) mass is 1130 g/mol. The van der Waals surface area contributed by atoms with Gasteiger partial charge >= 0.3 is 0 Å². The summed E-state index contributed by atoms with van der Waals surface area (Å²) in [6.45, 7) is 0.777. The Balaban J connectivity index is 0.987. The number of methoxy groups -OCH3 is 1. The van der Waals surface area contributed by atoms with Gasteiger partial charge in [-0.05, 0) is 57.3 Å². The number of ether oxygens (including phenoxy) is 10. The largest absolute Gasteiger partial charge is 0.394 e. The molecule has 0 aromatic carbocycles. The summed E-state index contributed by atoms with van der Waals surface area (Å²) >= 11 is 0. The Morgan fingerprint density at radius 2 is 1.09 bits per heavy atom. The molecular formula is C52H84N4O23. The second kappa shape index (κ2) is 35.2. The lowest BCUT2D eigenvalue weighted by molar-refractivity contribution is -0.345. The fourth-order valence-electron chi connectivity index (χ4n) is 9.75. The zero-order valence-electron chi connectivity index (χ0n) is 44.9. The lowest BCUT2D eigenvalue weighted by Crippen LogP contribution is -2.63. The minimum atomic E-state index is -1.76. The minimum absolute atomic E-state index is 0.0320. The molecule has 450 valence electrons. The molecule has 11 N–H and O–H groups in total. The van der Waals surface area contributed by atoms with Crippen LogP contribution in [0.25, 0.3) is 0 Å². The third kappa shape index (κ3) is 20.8. The van der Waals surface area contributed by atoms with E-state index in [4.69, 9.17) is 53.8 Å². The molecule has 27 heteroatoms. The van der Waals surface area contributed by atoms with E-state index in [1.165, 1.54) is 24.2 Å². The SMILES string of the molecule is C#CCNC(=O)CCCCCO[C@H]1[C@H](O)[C@@H](O)[C@@H](OC)O[C@@H]1CO[C@H]1O[C@H](COC2O[C@H](CO)[C@@H](O)[C@H](O)[C@H]2O)[C@@H](OCCCCCC(=O)NCCOCCOCCNC(=O)C2CCC(CN3C(=O)C=CC3=O)CC2)[C@H](O)[C@H]1O. The highest BCUT2D eigenvalue weighted by Gasteiger charge is 2.50. The average molecular weight is 1130 g/mol. The van der Waals surface area contributed by atoms with E-state index >= 15 is 0 Å². The van der Waals surface area contributed by atoms with Gasteiger partial charge in [0.1, 0.15) is 73.2 Å². The maximum Gasteiger partial charge on any atom is 0.253 e. The van der Waals surface area contributed by atoms with E-state index in [1.54, 1.807) is 0 Å². The first-order valence-corrected chi connectivity index (χ1v) is 27.3. The van der Waals surface area contributed by atoms with Gasteiger partial charge in [-0.3, -0.25) is 28.9 Å². The maximum atomic E-state index is 12.6. The van der Waals surface area contributed by atoms with Gasteiger partial charge in [-0.2, -0.15) is 0 Å². The van der Waals surface area contributed by atoms with E-state index in [9.17, 15) is 64.8 Å². The number of amides is 5. The Morgan fingerprint density at radius 1 is 0.595 bits per heavy atom. The highest BCUT2D eigenvalue weighted by Crippen LogP contribution is 2.32. The molecule has 4 aliphatic heterocycles. The third-order valence-electron chi connectivity index (χ3n) is 14.4. The number of terminal acetylenes is 1.